The van der Waals surface area contributed by atoms with Gasteiger partial charge in [-0.1, -0.05) is 12.8 Å². The van der Waals surface area contributed by atoms with Crippen LogP contribution in [0, 0.1) is 6.92 Å². The lowest BCUT2D eigenvalue weighted by atomic mass is 9.97. The van der Waals surface area contributed by atoms with Crippen molar-refractivity contribution in [3.8, 4) is 0 Å². The molecule has 1 saturated carbocycles. The molecule has 2 aromatic heterocycles. The van der Waals surface area contributed by atoms with Gasteiger partial charge in [0.1, 0.15) is 0 Å². The van der Waals surface area contributed by atoms with Gasteiger partial charge in [0.15, 0.2) is 5.65 Å². The minimum absolute atomic E-state index is 0. The summed E-state index contributed by atoms with van der Waals surface area (Å²) in [6.45, 7) is 6.50. The van der Waals surface area contributed by atoms with E-state index >= 15 is 0 Å². The summed E-state index contributed by atoms with van der Waals surface area (Å²) in [4.78, 5) is 17.4. The Morgan fingerprint density at radius 2 is 2.00 bits per heavy atom. The first-order valence-electron chi connectivity index (χ1n) is 8.33. The van der Waals surface area contributed by atoms with Crippen LogP contribution in [0.4, 0.5) is 0 Å². The lowest BCUT2D eigenvalue weighted by Gasteiger charge is -2.28. The Bertz CT molecular complexity index is 738. The van der Waals surface area contributed by atoms with Gasteiger partial charge in [0.2, 0.25) is 0 Å². The van der Waals surface area contributed by atoms with Gasteiger partial charge in [-0.3, -0.25) is 4.79 Å². The maximum Gasteiger partial charge on any atom is 0.252 e. The van der Waals surface area contributed by atoms with E-state index in [1.165, 1.54) is 0 Å². The van der Waals surface area contributed by atoms with Crippen molar-refractivity contribution >= 4 is 41.8 Å². The van der Waals surface area contributed by atoms with E-state index in [0.29, 0.717) is 12.1 Å². The number of fused-ring (bicyclic) bond motifs is 1. The number of aryl methyl sites for hydroxylation is 1. The van der Waals surface area contributed by atoms with Gasteiger partial charge in [-0.2, -0.15) is 5.10 Å². The molecule has 0 unspecified atom stereocenters. The topological polar surface area (TPSA) is 85.8 Å². The monoisotopic (exact) mass is 387 g/mol. The van der Waals surface area contributed by atoms with E-state index in [1.807, 2.05) is 17.7 Å². The highest BCUT2D eigenvalue weighted by Crippen LogP contribution is 2.29. The van der Waals surface area contributed by atoms with Crippen LogP contribution in [0.25, 0.3) is 11.0 Å². The Hall–Kier alpha value is -1.37. The zero-order chi connectivity index (χ0) is 16.6. The molecule has 140 valence electrons. The molecule has 0 radical (unpaired) electrons. The fourth-order valence-electron chi connectivity index (χ4n) is 3.45. The van der Waals surface area contributed by atoms with Gasteiger partial charge in [0.25, 0.3) is 5.91 Å². The Labute approximate surface area is 160 Å². The Balaban J connectivity index is 0.00000156. The number of hydrogen-bond acceptors (Lipinski definition) is 4. The van der Waals surface area contributed by atoms with Crippen LogP contribution < -0.4 is 11.1 Å². The van der Waals surface area contributed by atoms with E-state index in [4.69, 9.17) is 5.73 Å². The van der Waals surface area contributed by atoms with Crippen LogP contribution in [-0.2, 0) is 0 Å². The van der Waals surface area contributed by atoms with E-state index in [-0.39, 0.29) is 42.3 Å². The zero-order valence-electron chi connectivity index (χ0n) is 14.9. The average Bonchev–Trinajstić information content (AvgIpc) is 3.13. The first kappa shape index (κ1) is 21.7. The summed E-state index contributed by atoms with van der Waals surface area (Å²) >= 11 is 0. The third-order valence-electron chi connectivity index (χ3n) is 4.76. The SMILES string of the molecule is Cc1cc(C(=O)NC2(CN)CCCC2)c2cnn(C(C)C)c2n1.Cl.Cl. The highest BCUT2D eigenvalue weighted by molar-refractivity contribution is 6.05. The molecular weight excluding hydrogens is 361 g/mol. The van der Waals surface area contributed by atoms with Gasteiger partial charge >= 0.3 is 0 Å². The number of nitrogens with two attached hydrogens (primary N) is 1. The highest BCUT2D eigenvalue weighted by Gasteiger charge is 2.34. The summed E-state index contributed by atoms with van der Waals surface area (Å²) in [7, 11) is 0. The summed E-state index contributed by atoms with van der Waals surface area (Å²) in [6, 6.07) is 2.03. The summed E-state index contributed by atoms with van der Waals surface area (Å²) < 4.78 is 1.85. The van der Waals surface area contributed by atoms with Crippen molar-refractivity contribution in [2.75, 3.05) is 6.54 Å². The number of rotatable bonds is 4. The molecular formula is C17H27Cl2N5O. The van der Waals surface area contributed by atoms with Crippen LogP contribution in [0.1, 0.15) is 61.6 Å². The summed E-state index contributed by atoms with van der Waals surface area (Å²) in [5, 5.41) is 8.38. The van der Waals surface area contributed by atoms with Gasteiger partial charge in [-0.25, -0.2) is 9.67 Å². The second-order valence-corrected chi connectivity index (χ2v) is 6.88. The van der Waals surface area contributed by atoms with Crippen molar-refractivity contribution in [2.45, 2.75) is 58.0 Å². The fraction of sp³-hybridized carbons (Fsp3) is 0.588. The number of nitrogens with zero attached hydrogens (tertiary/aromatic N) is 3. The molecule has 1 aliphatic carbocycles. The zero-order valence-corrected chi connectivity index (χ0v) is 16.5. The number of carbonyl (C=O) groups excluding carboxylic acids is 1. The van der Waals surface area contributed by atoms with Gasteiger partial charge in [0.05, 0.1) is 22.7 Å². The van der Waals surface area contributed by atoms with Gasteiger partial charge < -0.3 is 11.1 Å². The van der Waals surface area contributed by atoms with Crippen LogP contribution in [0.15, 0.2) is 12.3 Å². The van der Waals surface area contributed by atoms with Crippen molar-refractivity contribution < 1.29 is 4.79 Å². The number of hydrogen-bond donors (Lipinski definition) is 2. The first-order valence-corrected chi connectivity index (χ1v) is 8.33. The molecule has 1 aliphatic rings. The standard InChI is InChI=1S/C17H25N5O.2ClH/c1-11(2)22-15-14(9-19-22)13(8-12(3)20-15)16(23)21-17(10-18)6-4-5-7-17;;/h8-9,11H,4-7,10,18H2,1-3H3,(H,21,23);2*1H. The molecule has 0 saturated heterocycles. The predicted molar refractivity (Wildman–Crippen MR) is 105 cm³/mol. The number of halogens is 2. The Morgan fingerprint density at radius 3 is 2.56 bits per heavy atom. The average molecular weight is 388 g/mol. The molecule has 1 fully saturated rings. The van der Waals surface area contributed by atoms with Crippen LogP contribution in [0.3, 0.4) is 0 Å². The van der Waals surface area contributed by atoms with Crippen LogP contribution in [-0.4, -0.2) is 32.8 Å². The van der Waals surface area contributed by atoms with E-state index < -0.39 is 0 Å². The Kier molecular flexibility index (Phi) is 7.23. The summed E-state index contributed by atoms with van der Waals surface area (Å²) in [5.74, 6) is -0.0730. The van der Waals surface area contributed by atoms with E-state index in [0.717, 1.165) is 42.4 Å². The normalized spacial score (nSPS) is 15.7. The Morgan fingerprint density at radius 1 is 1.36 bits per heavy atom. The van der Waals surface area contributed by atoms with Crippen molar-refractivity contribution in [3.63, 3.8) is 0 Å². The number of carbonyl (C=O) groups is 1. The second-order valence-electron chi connectivity index (χ2n) is 6.88. The van der Waals surface area contributed by atoms with Crippen molar-refractivity contribution in [2.24, 2.45) is 5.73 Å². The molecule has 0 aromatic carbocycles. The molecule has 0 bridgehead atoms. The van der Waals surface area contributed by atoms with Crippen molar-refractivity contribution in [1.82, 2.24) is 20.1 Å². The molecule has 1 amide bonds. The van der Waals surface area contributed by atoms with Gasteiger partial charge in [-0.05, 0) is 39.7 Å². The fourth-order valence-corrected chi connectivity index (χ4v) is 3.45. The maximum atomic E-state index is 12.9. The number of aromatic nitrogens is 3. The van der Waals surface area contributed by atoms with Crippen LogP contribution >= 0.6 is 24.8 Å². The quantitative estimate of drug-likeness (QED) is 0.843. The van der Waals surface area contributed by atoms with E-state index in [1.54, 1.807) is 6.20 Å². The molecule has 0 spiro atoms. The second kappa shape index (κ2) is 8.34. The lowest BCUT2D eigenvalue weighted by molar-refractivity contribution is 0.0904. The molecule has 6 nitrogen and oxygen atoms in total. The molecule has 25 heavy (non-hydrogen) atoms. The highest BCUT2D eigenvalue weighted by atomic mass is 35.5. The maximum absolute atomic E-state index is 12.9. The lowest BCUT2D eigenvalue weighted by Crippen LogP contribution is -2.51. The van der Waals surface area contributed by atoms with Crippen molar-refractivity contribution in [3.05, 3.63) is 23.5 Å². The smallest absolute Gasteiger partial charge is 0.252 e. The van der Waals surface area contributed by atoms with Gasteiger partial charge in [-0.15, -0.1) is 24.8 Å². The van der Waals surface area contributed by atoms with Crippen LogP contribution in [0.5, 0.6) is 0 Å². The summed E-state index contributed by atoms with van der Waals surface area (Å²) in [6.07, 6.45) is 5.88. The predicted octanol–water partition coefficient (Wildman–Crippen LogP) is 3.17. The molecule has 3 rings (SSSR count). The minimum Gasteiger partial charge on any atom is -0.345 e. The molecule has 3 N–H and O–H groups in total. The van der Waals surface area contributed by atoms with Crippen LogP contribution in [0.2, 0.25) is 0 Å². The summed E-state index contributed by atoms with van der Waals surface area (Å²) in [5.41, 5.74) is 7.90. The molecule has 2 heterocycles. The first-order chi connectivity index (χ1) is 11.0. The largest absolute Gasteiger partial charge is 0.345 e. The third kappa shape index (κ3) is 4.07. The third-order valence-corrected chi connectivity index (χ3v) is 4.76. The van der Waals surface area contributed by atoms with Crippen molar-refractivity contribution in [1.29, 1.82) is 0 Å². The minimum atomic E-state index is -0.255. The van der Waals surface area contributed by atoms with E-state index in [9.17, 15) is 4.79 Å². The van der Waals surface area contributed by atoms with Gasteiger partial charge in [0, 0.05) is 18.3 Å². The number of amides is 1. The van der Waals surface area contributed by atoms with E-state index in [2.05, 4.69) is 29.2 Å². The molecule has 0 atom stereocenters. The molecule has 2 aromatic rings. The molecule has 0 aliphatic heterocycles. The number of pyridine rings is 1. The number of nitrogens with one attached hydrogen (secondary N) is 1. The molecule has 8 heteroatoms.